The molecule has 3 fully saturated rings. The molecule has 0 spiro atoms. The number of hydrogen-bond acceptors (Lipinski definition) is 6. The molecule has 3 saturated heterocycles. The molecular formula is C23H37BN2O4. The molecule has 1 aromatic rings. The van der Waals surface area contributed by atoms with Gasteiger partial charge in [0.15, 0.2) is 0 Å². The van der Waals surface area contributed by atoms with Gasteiger partial charge in [0.05, 0.1) is 30.5 Å². The van der Waals surface area contributed by atoms with E-state index in [4.69, 9.17) is 18.8 Å². The number of methoxy groups -OCH3 is 1. The molecular weight excluding hydrogens is 379 g/mol. The van der Waals surface area contributed by atoms with Gasteiger partial charge in [0, 0.05) is 45.5 Å². The minimum atomic E-state index is -0.331. The van der Waals surface area contributed by atoms with Gasteiger partial charge in [-0.05, 0) is 57.6 Å². The van der Waals surface area contributed by atoms with Crippen molar-refractivity contribution in [1.29, 1.82) is 0 Å². The van der Waals surface area contributed by atoms with Gasteiger partial charge < -0.3 is 23.7 Å². The third kappa shape index (κ3) is 4.56. The Morgan fingerprint density at radius 2 is 1.63 bits per heavy atom. The summed E-state index contributed by atoms with van der Waals surface area (Å²) in [7, 11) is 1.50. The van der Waals surface area contributed by atoms with Crippen molar-refractivity contribution in [1.82, 2.24) is 4.90 Å². The van der Waals surface area contributed by atoms with Gasteiger partial charge in [-0.1, -0.05) is 12.1 Å². The maximum atomic E-state index is 6.32. The van der Waals surface area contributed by atoms with Crippen LogP contribution in [0.25, 0.3) is 0 Å². The number of morpholine rings is 1. The second-order valence-corrected chi connectivity index (χ2v) is 9.79. The number of likely N-dealkylation sites (tertiary alicyclic amines) is 1. The van der Waals surface area contributed by atoms with Crippen molar-refractivity contribution in [2.24, 2.45) is 0 Å². The smallest absolute Gasteiger partial charge is 0.399 e. The maximum absolute atomic E-state index is 6.32. The Bertz CT molecular complexity index is 712. The highest BCUT2D eigenvalue weighted by atomic mass is 16.7. The summed E-state index contributed by atoms with van der Waals surface area (Å²) in [4.78, 5) is 5.00. The molecule has 3 heterocycles. The van der Waals surface area contributed by atoms with Crippen molar-refractivity contribution in [2.75, 3.05) is 51.4 Å². The molecule has 0 bridgehead atoms. The highest BCUT2D eigenvalue weighted by Gasteiger charge is 2.51. The zero-order valence-electron chi connectivity index (χ0n) is 19.3. The second-order valence-electron chi connectivity index (χ2n) is 9.79. The van der Waals surface area contributed by atoms with E-state index in [1.807, 2.05) is 7.11 Å². The molecule has 3 aliphatic rings. The number of hydrogen-bond donors (Lipinski definition) is 0. The number of rotatable bonds is 5. The van der Waals surface area contributed by atoms with Crippen molar-refractivity contribution < 1.29 is 18.8 Å². The molecule has 30 heavy (non-hydrogen) atoms. The van der Waals surface area contributed by atoms with Crippen molar-refractivity contribution in [3.63, 3.8) is 0 Å². The van der Waals surface area contributed by atoms with Gasteiger partial charge in [-0.15, -0.1) is 0 Å². The molecule has 1 aromatic carbocycles. The molecule has 7 heteroatoms. The van der Waals surface area contributed by atoms with Gasteiger partial charge in [-0.3, -0.25) is 4.90 Å². The predicted molar refractivity (Wildman–Crippen MR) is 120 cm³/mol. The first-order valence-electron chi connectivity index (χ1n) is 11.4. The van der Waals surface area contributed by atoms with Gasteiger partial charge in [-0.25, -0.2) is 0 Å². The van der Waals surface area contributed by atoms with Crippen LogP contribution in [0, 0.1) is 0 Å². The number of anilines is 1. The summed E-state index contributed by atoms with van der Waals surface area (Å²) in [6, 6.07) is 6.73. The van der Waals surface area contributed by atoms with Crippen LogP contribution in [0.2, 0.25) is 0 Å². The van der Waals surface area contributed by atoms with E-state index >= 15 is 0 Å². The van der Waals surface area contributed by atoms with Crippen LogP contribution in [0.4, 0.5) is 5.69 Å². The standard InChI is InChI=1S/C23H37BN2O4/c1-22(2)23(3,4)30-24(29-22)19-6-7-21(26-12-14-28-15-13-26)18(16-19)17-25-10-8-20(27-5)9-11-25/h6-7,16,20H,8-15,17H2,1-5H3. The molecule has 3 aliphatic heterocycles. The molecule has 0 amide bonds. The molecule has 0 N–H and O–H groups in total. The van der Waals surface area contributed by atoms with Gasteiger partial charge >= 0.3 is 7.12 Å². The number of piperidine rings is 1. The average molecular weight is 416 g/mol. The summed E-state index contributed by atoms with van der Waals surface area (Å²) < 4.78 is 23.8. The van der Waals surface area contributed by atoms with E-state index in [2.05, 4.69) is 55.7 Å². The highest BCUT2D eigenvalue weighted by Crippen LogP contribution is 2.37. The third-order valence-corrected chi connectivity index (χ3v) is 7.24. The SMILES string of the molecule is COC1CCN(Cc2cc(B3OC(C)(C)C(C)(C)O3)ccc2N2CCOCC2)CC1. The van der Waals surface area contributed by atoms with Crippen LogP contribution in [0.3, 0.4) is 0 Å². The Labute approximate surface area is 181 Å². The van der Waals surface area contributed by atoms with Crippen LogP contribution in [0.5, 0.6) is 0 Å². The normalized spacial score (nSPS) is 25.1. The lowest BCUT2D eigenvalue weighted by molar-refractivity contribution is 0.00578. The lowest BCUT2D eigenvalue weighted by Crippen LogP contribution is -2.41. The molecule has 0 aromatic heterocycles. The van der Waals surface area contributed by atoms with Gasteiger partial charge in [0.25, 0.3) is 0 Å². The highest BCUT2D eigenvalue weighted by molar-refractivity contribution is 6.62. The monoisotopic (exact) mass is 416 g/mol. The predicted octanol–water partition coefficient (Wildman–Crippen LogP) is 2.43. The van der Waals surface area contributed by atoms with E-state index in [1.165, 1.54) is 11.3 Å². The number of ether oxygens (including phenoxy) is 2. The quantitative estimate of drug-likeness (QED) is 0.687. The van der Waals surface area contributed by atoms with E-state index in [0.717, 1.165) is 64.2 Å². The Kier molecular flexibility index (Phi) is 6.47. The number of benzene rings is 1. The average Bonchev–Trinajstić information content (AvgIpc) is 2.96. The fourth-order valence-corrected chi connectivity index (χ4v) is 4.51. The summed E-state index contributed by atoms with van der Waals surface area (Å²) in [5, 5.41) is 0. The van der Waals surface area contributed by atoms with E-state index in [-0.39, 0.29) is 18.3 Å². The first kappa shape index (κ1) is 22.1. The summed E-state index contributed by atoms with van der Waals surface area (Å²) in [6.45, 7) is 15.0. The van der Waals surface area contributed by atoms with Crippen molar-refractivity contribution in [3.8, 4) is 0 Å². The largest absolute Gasteiger partial charge is 0.494 e. The van der Waals surface area contributed by atoms with Crippen LogP contribution < -0.4 is 10.4 Å². The molecule has 0 unspecified atom stereocenters. The second kappa shape index (κ2) is 8.79. The zero-order chi connectivity index (χ0) is 21.4. The van der Waals surface area contributed by atoms with Crippen LogP contribution in [-0.4, -0.2) is 75.8 Å². The van der Waals surface area contributed by atoms with Crippen molar-refractivity contribution >= 4 is 18.3 Å². The van der Waals surface area contributed by atoms with Crippen molar-refractivity contribution in [2.45, 2.75) is 64.4 Å². The van der Waals surface area contributed by atoms with E-state index in [9.17, 15) is 0 Å². The Hall–Kier alpha value is -1.12. The van der Waals surface area contributed by atoms with Crippen LogP contribution in [-0.2, 0) is 25.3 Å². The summed E-state index contributed by atoms with van der Waals surface area (Å²) in [5.74, 6) is 0. The molecule has 0 radical (unpaired) electrons. The molecule has 0 aliphatic carbocycles. The third-order valence-electron chi connectivity index (χ3n) is 7.24. The lowest BCUT2D eigenvalue weighted by Gasteiger charge is -2.34. The van der Waals surface area contributed by atoms with E-state index < -0.39 is 0 Å². The summed E-state index contributed by atoms with van der Waals surface area (Å²) >= 11 is 0. The fraction of sp³-hybridized carbons (Fsp3) is 0.739. The Morgan fingerprint density at radius 1 is 1.00 bits per heavy atom. The first-order chi connectivity index (χ1) is 14.3. The molecule has 0 saturated carbocycles. The minimum Gasteiger partial charge on any atom is -0.399 e. The Morgan fingerprint density at radius 3 is 2.23 bits per heavy atom. The number of nitrogens with zero attached hydrogens (tertiary/aromatic N) is 2. The molecule has 6 nitrogen and oxygen atoms in total. The Balaban J connectivity index is 1.57. The summed E-state index contributed by atoms with van der Waals surface area (Å²) in [6.07, 6.45) is 2.59. The van der Waals surface area contributed by atoms with E-state index in [1.54, 1.807) is 0 Å². The topological polar surface area (TPSA) is 43.4 Å². The van der Waals surface area contributed by atoms with Gasteiger partial charge in [-0.2, -0.15) is 0 Å². The van der Waals surface area contributed by atoms with Gasteiger partial charge in [0.2, 0.25) is 0 Å². The fourth-order valence-electron chi connectivity index (χ4n) is 4.51. The molecule has 0 atom stereocenters. The van der Waals surface area contributed by atoms with Gasteiger partial charge in [0.1, 0.15) is 0 Å². The van der Waals surface area contributed by atoms with Crippen LogP contribution in [0.15, 0.2) is 18.2 Å². The molecule has 4 rings (SSSR count). The zero-order valence-corrected chi connectivity index (χ0v) is 19.3. The van der Waals surface area contributed by atoms with Crippen LogP contribution in [0.1, 0.15) is 46.1 Å². The maximum Gasteiger partial charge on any atom is 0.494 e. The first-order valence-corrected chi connectivity index (χ1v) is 11.4. The lowest BCUT2D eigenvalue weighted by atomic mass is 9.78. The molecule has 166 valence electrons. The van der Waals surface area contributed by atoms with Crippen molar-refractivity contribution in [3.05, 3.63) is 23.8 Å². The summed E-state index contributed by atoms with van der Waals surface area (Å²) in [5.41, 5.74) is 3.10. The van der Waals surface area contributed by atoms with Crippen LogP contribution >= 0.6 is 0 Å². The minimum absolute atomic E-state index is 0.327. The van der Waals surface area contributed by atoms with E-state index in [0.29, 0.717) is 6.10 Å².